The van der Waals surface area contributed by atoms with Gasteiger partial charge in [0.1, 0.15) is 11.5 Å². The number of nitrogens with one attached hydrogen (secondary N) is 1. The number of urea groups is 1. The Morgan fingerprint density at radius 1 is 1.38 bits per heavy atom. The number of hydrogen-bond donors (Lipinski definition) is 2. The quantitative estimate of drug-likeness (QED) is 0.888. The molecule has 1 aromatic heterocycles. The van der Waals surface area contributed by atoms with Gasteiger partial charge in [-0.05, 0) is 31.5 Å². The highest BCUT2D eigenvalue weighted by Crippen LogP contribution is 2.31. The third-order valence-corrected chi connectivity index (χ3v) is 3.83. The van der Waals surface area contributed by atoms with Crippen LogP contribution in [0.5, 0.6) is 0 Å². The Kier molecular flexibility index (Phi) is 5.38. The van der Waals surface area contributed by atoms with Crippen LogP contribution < -0.4 is 11.1 Å². The molecule has 1 aromatic rings. The molecule has 0 spiro atoms. The van der Waals surface area contributed by atoms with Gasteiger partial charge in [0.15, 0.2) is 0 Å². The molecule has 21 heavy (non-hydrogen) atoms. The fourth-order valence-electron chi connectivity index (χ4n) is 2.80. The van der Waals surface area contributed by atoms with Crippen LogP contribution in [0.1, 0.15) is 50.2 Å². The lowest BCUT2D eigenvalue weighted by molar-refractivity contribution is -0.121. The summed E-state index contributed by atoms with van der Waals surface area (Å²) in [6.07, 6.45) is 5.11. The van der Waals surface area contributed by atoms with Gasteiger partial charge >= 0.3 is 6.03 Å². The van der Waals surface area contributed by atoms with Crippen LogP contribution in [0.15, 0.2) is 16.5 Å². The topological polar surface area (TPSA) is 88.6 Å². The lowest BCUT2D eigenvalue weighted by Gasteiger charge is -2.27. The minimum Gasteiger partial charge on any atom is -0.464 e. The number of carbonyl (C=O) groups excluding carboxylic acids is 2. The Balaban J connectivity index is 2.10. The molecule has 0 saturated carbocycles. The van der Waals surface area contributed by atoms with Crippen molar-refractivity contribution in [3.63, 3.8) is 0 Å². The van der Waals surface area contributed by atoms with Crippen molar-refractivity contribution in [1.82, 2.24) is 10.2 Å². The number of aryl methyl sites for hydroxylation is 1. The van der Waals surface area contributed by atoms with Gasteiger partial charge < -0.3 is 10.2 Å². The number of rotatable bonds is 4. The second-order valence-electron chi connectivity index (χ2n) is 5.41. The molecule has 0 aliphatic carbocycles. The van der Waals surface area contributed by atoms with Gasteiger partial charge in [-0.25, -0.2) is 4.79 Å². The van der Waals surface area contributed by atoms with Crippen LogP contribution in [0, 0.1) is 0 Å². The standard InChI is InChI=1S/C15H23N3O3/c1-2-11-7-8-13(21-11)12-6-4-3-5-9-18(12)10-14(19)17-15(16)20/h7-8,12H,2-6,9-10H2,1H3,(H3,16,17,19,20). The zero-order valence-corrected chi connectivity index (χ0v) is 12.4. The molecule has 6 heteroatoms. The number of nitrogens with zero attached hydrogens (tertiary/aromatic N) is 1. The van der Waals surface area contributed by atoms with Crippen LogP contribution >= 0.6 is 0 Å². The summed E-state index contributed by atoms with van der Waals surface area (Å²) >= 11 is 0. The number of hydrogen-bond acceptors (Lipinski definition) is 4. The van der Waals surface area contributed by atoms with Gasteiger partial charge in [0.05, 0.1) is 12.6 Å². The summed E-state index contributed by atoms with van der Waals surface area (Å²) in [5, 5.41) is 2.13. The van der Waals surface area contributed by atoms with E-state index in [4.69, 9.17) is 10.2 Å². The fraction of sp³-hybridized carbons (Fsp3) is 0.600. The van der Waals surface area contributed by atoms with Crippen molar-refractivity contribution in [3.8, 4) is 0 Å². The van der Waals surface area contributed by atoms with Crippen molar-refractivity contribution in [2.45, 2.75) is 45.1 Å². The Labute approximate surface area is 124 Å². The summed E-state index contributed by atoms with van der Waals surface area (Å²) in [5.41, 5.74) is 4.99. The highest BCUT2D eigenvalue weighted by molar-refractivity contribution is 5.94. The van der Waals surface area contributed by atoms with E-state index in [1.165, 1.54) is 0 Å². The zero-order chi connectivity index (χ0) is 15.2. The second kappa shape index (κ2) is 7.26. The van der Waals surface area contributed by atoms with Crippen LogP contribution in [0.3, 0.4) is 0 Å². The summed E-state index contributed by atoms with van der Waals surface area (Å²) in [7, 11) is 0. The van der Waals surface area contributed by atoms with E-state index in [2.05, 4.69) is 10.2 Å². The normalized spacial score (nSPS) is 20.0. The maximum absolute atomic E-state index is 11.8. The molecule has 2 rings (SSSR count). The van der Waals surface area contributed by atoms with Crippen molar-refractivity contribution >= 4 is 11.9 Å². The highest BCUT2D eigenvalue weighted by Gasteiger charge is 2.27. The third kappa shape index (κ3) is 4.32. The van der Waals surface area contributed by atoms with E-state index in [-0.39, 0.29) is 18.5 Å². The summed E-state index contributed by atoms with van der Waals surface area (Å²) in [5.74, 6) is 1.49. The summed E-state index contributed by atoms with van der Waals surface area (Å²) in [4.78, 5) is 24.6. The van der Waals surface area contributed by atoms with Crippen molar-refractivity contribution in [2.24, 2.45) is 5.73 Å². The van der Waals surface area contributed by atoms with Crippen LogP contribution in [0.25, 0.3) is 0 Å². The molecule has 0 radical (unpaired) electrons. The van der Waals surface area contributed by atoms with E-state index in [9.17, 15) is 9.59 Å². The number of furan rings is 1. The first-order chi connectivity index (χ1) is 10.1. The van der Waals surface area contributed by atoms with Crippen molar-refractivity contribution in [2.75, 3.05) is 13.1 Å². The van der Waals surface area contributed by atoms with E-state index in [1.807, 2.05) is 19.1 Å². The molecule has 1 fully saturated rings. The van der Waals surface area contributed by atoms with Gasteiger partial charge in [-0.1, -0.05) is 19.8 Å². The van der Waals surface area contributed by atoms with Crippen LogP contribution in [-0.4, -0.2) is 29.9 Å². The minimum absolute atomic E-state index is 0.0893. The Morgan fingerprint density at radius 3 is 2.86 bits per heavy atom. The first kappa shape index (κ1) is 15.6. The number of imide groups is 1. The maximum atomic E-state index is 11.8. The molecule has 0 aromatic carbocycles. The summed E-state index contributed by atoms with van der Waals surface area (Å²) in [6, 6.07) is 3.26. The second-order valence-corrected chi connectivity index (χ2v) is 5.41. The van der Waals surface area contributed by atoms with E-state index in [0.29, 0.717) is 0 Å². The fourth-order valence-corrected chi connectivity index (χ4v) is 2.80. The van der Waals surface area contributed by atoms with E-state index in [1.54, 1.807) is 0 Å². The number of amides is 3. The van der Waals surface area contributed by atoms with Crippen molar-refractivity contribution in [3.05, 3.63) is 23.7 Å². The SMILES string of the molecule is CCc1ccc(C2CCCCCN2CC(=O)NC(N)=O)o1. The average Bonchev–Trinajstić information content (AvgIpc) is 2.78. The average molecular weight is 293 g/mol. The van der Waals surface area contributed by atoms with Gasteiger partial charge in [0, 0.05) is 6.42 Å². The molecule has 116 valence electrons. The monoisotopic (exact) mass is 293 g/mol. The molecular weight excluding hydrogens is 270 g/mol. The van der Waals surface area contributed by atoms with Crippen LogP contribution in [0.2, 0.25) is 0 Å². The molecule has 3 amide bonds. The Bertz CT molecular complexity index is 498. The molecule has 1 saturated heterocycles. The zero-order valence-electron chi connectivity index (χ0n) is 12.4. The van der Waals surface area contributed by atoms with Gasteiger partial charge in [-0.2, -0.15) is 0 Å². The summed E-state index contributed by atoms with van der Waals surface area (Å²) < 4.78 is 5.86. The molecule has 3 N–H and O–H groups in total. The van der Waals surface area contributed by atoms with Gasteiger partial charge in [-0.3, -0.25) is 15.0 Å². The Hall–Kier alpha value is -1.82. The molecular formula is C15H23N3O3. The third-order valence-electron chi connectivity index (χ3n) is 3.83. The first-order valence-electron chi connectivity index (χ1n) is 7.52. The number of likely N-dealkylation sites (tertiary alicyclic amines) is 1. The van der Waals surface area contributed by atoms with Gasteiger partial charge in [0.25, 0.3) is 0 Å². The van der Waals surface area contributed by atoms with Crippen LogP contribution in [-0.2, 0) is 11.2 Å². The van der Waals surface area contributed by atoms with Gasteiger partial charge in [-0.15, -0.1) is 0 Å². The Morgan fingerprint density at radius 2 is 2.19 bits per heavy atom. The molecule has 2 heterocycles. The number of primary amides is 1. The van der Waals surface area contributed by atoms with E-state index >= 15 is 0 Å². The smallest absolute Gasteiger partial charge is 0.318 e. The predicted octanol–water partition coefficient (Wildman–Crippen LogP) is 1.95. The lowest BCUT2D eigenvalue weighted by Crippen LogP contribution is -2.43. The first-order valence-corrected chi connectivity index (χ1v) is 7.52. The van der Waals surface area contributed by atoms with E-state index < -0.39 is 6.03 Å². The maximum Gasteiger partial charge on any atom is 0.318 e. The summed E-state index contributed by atoms with van der Waals surface area (Å²) in [6.45, 7) is 3.03. The molecule has 1 atom stereocenters. The molecule has 1 aliphatic rings. The van der Waals surface area contributed by atoms with Gasteiger partial charge in [0.2, 0.25) is 5.91 Å². The predicted molar refractivity (Wildman–Crippen MR) is 78.6 cm³/mol. The lowest BCUT2D eigenvalue weighted by atomic mass is 10.1. The largest absolute Gasteiger partial charge is 0.464 e. The molecule has 0 bridgehead atoms. The molecule has 1 unspecified atom stereocenters. The number of carbonyl (C=O) groups is 2. The van der Waals surface area contributed by atoms with Crippen LogP contribution in [0.4, 0.5) is 4.79 Å². The molecule has 6 nitrogen and oxygen atoms in total. The van der Waals surface area contributed by atoms with Crippen molar-refractivity contribution < 1.29 is 14.0 Å². The molecule has 1 aliphatic heterocycles. The van der Waals surface area contributed by atoms with E-state index in [0.717, 1.165) is 50.2 Å². The number of nitrogens with two attached hydrogens (primary N) is 1. The van der Waals surface area contributed by atoms with Crippen molar-refractivity contribution in [1.29, 1.82) is 0 Å². The minimum atomic E-state index is -0.808. The highest BCUT2D eigenvalue weighted by atomic mass is 16.3.